The maximum Gasteiger partial charge on any atom is 0.336 e. The first-order chi connectivity index (χ1) is 13.5. The Labute approximate surface area is 163 Å². The zero-order valence-corrected chi connectivity index (χ0v) is 15.9. The summed E-state index contributed by atoms with van der Waals surface area (Å²) in [6.07, 6.45) is 7.89. The normalized spacial score (nSPS) is 20.2. The summed E-state index contributed by atoms with van der Waals surface area (Å²) in [7, 11) is 1.68. The maximum atomic E-state index is 13.6. The smallest absolute Gasteiger partial charge is 0.336 e. The van der Waals surface area contributed by atoms with E-state index in [0.717, 1.165) is 25.6 Å². The third-order valence-corrected chi connectivity index (χ3v) is 4.67. The molecule has 0 radical (unpaired) electrons. The predicted molar refractivity (Wildman–Crippen MR) is 102 cm³/mol. The van der Waals surface area contributed by atoms with Gasteiger partial charge in [-0.05, 0) is 31.9 Å². The zero-order valence-electron chi connectivity index (χ0n) is 15.9. The summed E-state index contributed by atoms with van der Waals surface area (Å²) >= 11 is 0. The van der Waals surface area contributed by atoms with E-state index in [1.165, 1.54) is 6.07 Å². The number of aromatic nitrogens is 1. The van der Waals surface area contributed by atoms with Crippen LogP contribution in [0.3, 0.4) is 0 Å². The van der Waals surface area contributed by atoms with Gasteiger partial charge >= 0.3 is 5.97 Å². The molecule has 150 valence electrons. The number of esters is 1. The van der Waals surface area contributed by atoms with Crippen LogP contribution in [0.1, 0.15) is 31.4 Å². The van der Waals surface area contributed by atoms with E-state index < -0.39 is 5.82 Å². The maximum absolute atomic E-state index is 13.6. The van der Waals surface area contributed by atoms with E-state index >= 15 is 0 Å². The minimum absolute atomic E-state index is 0.166. The molecule has 8 nitrogen and oxygen atoms in total. The number of pyridine rings is 1. The lowest BCUT2D eigenvalue weighted by atomic mass is 10.1. The van der Waals surface area contributed by atoms with Crippen molar-refractivity contribution < 1.29 is 19.0 Å². The molecule has 3 heterocycles. The molecule has 2 aliphatic rings. The van der Waals surface area contributed by atoms with Gasteiger partial charge in [-0.25, -0.2) is 19.6 Å². The van der Waals surface area contributed by atoms with E-state index in [4.69, 9.17) is 4.74 Å². The van der Waals surface area contributed by atoms with Gasteiger partial charge in [0, 0.05) is 38.1 Å². The number of ether oxygens (including phenoxy) is 1. The van der Waals surface area contributed by atoms with Crippen molar-refractivity contribution in [2.45, 2.75) is 25.8 Å². The van der Waals surface area contributed by atoms with Crippen molar-refractivity contribution in [3.8, 4) is 5.88 Å². The number of halogens is 1. The van der Waals surface area contributed by atoms with Gasteiger partial charge in [-0.1, -0.05) is 0 Å². The molecule has 2 aliphatic heterocycles. The molecule has 28 heavy (non-hydrogen) atoms. The van der Waals surface area contributed by atoms with Gasteiger partial charge in [0.25, 0.3) is 0 Å². The molecule has 2 N–H and O–H groups in total. The van der Waals surface area contributed by atoms with Gasteiger partial charge < -0.3 is 14.7 Å². The molecule has 1 atom stereocenters. The number of aromatic hydroxyl groups is 1. The lowest BCUT2D eigenvalue weighted by molar-refractivity contribution is -0.138. The molecule has 3 rings (SSSR count). The van der Waals surface area contributed by atoms with Crippen molar-refractivity contribution >= 4 is 11.8 Å². The van der Waals surface area contributed by atoms with Crippen molar-refractivity contribution in [1.29, 1.82) is 0 Å². The molecule has 9 heteroatoms. The van der Waals surface area contributed by atoms with E-state index in [0.29, 0.717) is 30.1 Å². The first kappa shape index (κ1) is 19.8. The molecule has 1 aromatic heterocycles. The van der Waals surface area contributed by atoms with Crippen molar-refractivity contribution in [3.05, 3.63) is 47.7 Å². The molecule has 0 saturated carbocycles. The highest BCUT2D eigenvalue weighted by Crippen LogP contribution is 2.36. The van der Waals surface area contributed by atoms with E-state index in [9.17, 15) is 14.3 Å². The second-order valence-electron chi connectivity index (χ2n) is 6.43. The van der Waals surface area contributed by atoms with Gasteiger partial charge in [0.15, 0.2) is 0 Å². The van der Waals surface area contributed by atoms with Gasteiger partial charge in [-0.3, -0.25) is 10.0 Å². The van der Waals surface area contributed by atoms with E-state index in [-0.39, 0.29) is 17.9 Å². The lowest BCUT2D eigenvalue weighted by Crippen LogP contribution is -2.30. The Morgan fingerprint density at radius 1 is 1.57 bits per heavy atom. The van der Waals surface area contributed by atoms with Crippen LogP contribution in [0.5, 0.6) is 5.88 Å². The number of nitrogens with zero attached hydrogens (tertiary/aromatic N) is 4. The van der Waals surface area contributed by atoms with Crippen molar-refractivity contribution in [1.82, 2.24) is 20.3 Å². The van der Waals surface area contributed by atoms with Gasteiger partial charge in [0.1, 0.15) is 11.7 Å². The van der Waals surface area contributed by atoms with Crippen LogP contribution in [-0.2, 0) is 9.53 Å². The first-order valence-electron chi connectivity index (χ1n) is 9.19. The molecule has 0 amide bonds. The molecule has 0 bridgehead atoms. The molecule has 0 spiro atoms. The molecule has 1 aromatic rings. The lowest BCUT2D eigenvalue weighted by Gasteiger charge is -2.27. The summed E-state index contributed by atoms with van der Waals surface area (Å²) in [6, 6.07) is 1.11. The van der Waals surface area contributed by atoms with E-state index in [1.54, 1.807) is 37.5 Å². The van der Waals surface area contributed by atoms with Gasteiger partial charge in [-0.15, -0.1) is 0 Å². The second kappa shape index (κ2) is 8.83. The number of likely N-dealkylation sites (tertiary alicyclic amines) is 1. The van der Waals surface area contributed by atoms with Crippen LogP contribution in [0, 0.1) is 5.82 Å². The van der Waals surface area contributed by atoms with E-state index in [1.807, 2.05) is 4.90 Å². The number of hydrazine groups is 1. The predicted octanol–water partition coefficient (Wildman–Crippen LogP) is 1.87. The van der Waals surface area contributed by atoms with Gasteiger partial charge in [0.05, 0.1) is 24.4 Å². The number of rotatable bonds is 5. The average Bonchev–Trinajstić information content (AvgIpc) is 3.34. The van der Waals surface area contributed by atoms with Crippen LogP contribution in [-0.4, -0.2) is 58.5 Å². The van der Waals surface area contributed by atoms with Crippen molar-refractivity contribution in [2.24, 2.45) is 4.99 Å². The van der Waals surface area contributed by atoms with Crippen molar-refractivity contribution in [3.63, 3.8) is 0 Å². The number of hydrogen-bond donors (Lipinski definition) is 2. The average molecular weight is 389 g/mol. The summed E-state index contributed by atoms with van der Waals surface area (Å²) < 4.78 is 18.6. The summed E-state index contributed by atoms with van der Waals surface area (Å²) in [6.45, 7) is 3.21. The number of hydrogen-bond acceptors (Lipinski definition) is 7. The Morgan fingerprint density at radius 2 is 2.39 bits per heavy atom. The van der Waals surface area contributed by atoms with Crippen LogP contribution < -0.4 is 5.43 Å². The Bertz CT molecular complexity index is 824. The largest absolute Gasteiger partial charge is 0.493 e. The standard InChI is InChI=1S/C19H24FN5O3/c1-3-28-19(27)13-10-23-24(12-13)8-6-17(21-2)25-7-4-5-16(25)15-9-14(20)11-22-18(15)26/h6,8-9,11-12,16,23H,3-5,7,10H2,1-2H3,(H,22,26)/b8-6-,21-17+. The summed E-state index contributed by atoms with van der Waals surface area (Å²) in [4.78, 5) is 21.8. The molecular formula is C19H24FN5O3. The number of amidine groups is 1. The third-order valence-electron chi connectivity index (χ3n) is 4.67. The molecule has 0 aliphatic carbocycles. The number of carbonyl (C=O) groups is 1. The molecular weight excluding hydrogens is 365 g/mol. The topological polar surface area (TPSA) is 90.3 Å². The third kappa shape index (κ3) is 4.30. The first-order valence-corrected chi connectivity index (χ1v) is 9.19. The Balaban J connectivity index is 1.74. The highest BCUT2D eigenvalue weighted by molar-refractivity contribution is 5.93. The number of aliphatic imine (C=N–C) groups is 1. The minimum Gasteiger partial charge on any atom is -0.493 e. The molecule has 1 saturated heterocycles. The quantitative estimate of drug-likeness (QED) is 0.451. The molecule has 0 aromatic carbocycles. The van der Waals surface area contributed by atoms with Crippen LogP contribution in [0.2, 0.25) is 0 Å². The number of nitrogens with one attached hydrogen (secondary N) is 1. The van der Waals surface area contributed by atoms with Crippen molar-refractivity contribution in [2.75, 3.05) is 26.7 Å². The van der Waals surface area contributed by atoms with Crippen LogP contribution in [0.25, 0.3) is 0 Å². The Kier molecular flexibility index (Phi) is 6.25. The second-order valence-corrected chi connectivity index (χ2v) is 6.43. The number of carbonyl (C=O) groups excluding carboxylic acids is 1. The zero-order chi connectivity index (χ0) is 20.1. The van der Waals surface area contributed by atoms with Crippen LogP contribution in [0.15, 0.2) is 41.3 Å². The minimum atomic E-state index is -0.483. The summed E-state index contributed by atoms with van der Waals surface area (Å²) in [5, 5.41) is 11.7. The van der Waals surface area contributed by atoms with Gasteiger partial charge in [-0.2, -0.15) is 0 Å². The summed E-state index contributed by atoms with van der Waals surface area (Å²) in [5.74, 6) is -0.307. The van der Waals surface area contributed by atoms with Crippen LogP contribution >= 0.6 is 0 Å². The monoisotopic (exact) mass is 389 g/mol. The van der Waals surface area contributed by atoms with Crippen LogP contribution in [0.4, 0.5) is 4.39 Å². The molecule has 1 unspecified atom stereocenters. The molecule has 1 fully saturated rings. The highest BCUT2D eigenvalue weighted by atomic mass is 19.1. The fourth-order valence-electron chi connectivity index (χ4n) is 3.38. The fraction of sp³-hybridized carbons (Fsp3) is 0.421. The Hall–Kier alpha value is -2.94. The summed E-state index contributed by atoms with van der Waals surface area (Å²) in [5.41, 5.74) is 4.05. The SMILES string of the molecule is CCOC(=O)C1=CN(/C=C\C(=N/C)N2CCCC2c2cc(F)cnc2O)NC1. The van der Waals surface area contributed by atoms with E-state index in [2.05, 4.69) is 15.4 Å². The fourth-order valence-corrected chi connectivity index (χ4v) is 3.38. The highest BCUT2D eigenvalue weighted by Gasteiger charge is 2.30. The van der Waals surface area contributed by atoms with Gasteiger partial charge in [0.2, 0.25) is 5.88 Å². The Morgan fingerprint density at radius 3 is 3.14 bits per heavy atom.